The van der Waals surface area contributed by atoms with E-state index in [0.717, 1.165) is 29.1 Å². The van der Waals surface area contributed by atoms with Gasteiger partial charge in [0.1, 0.15) is 18.1 Å². The first kappa shape index (κ1) is 15.9. The van der Waals surface area contributed by atoms with Crippen LogP contribution in [-0.2, 0) is 6.61 Å². The van der Waals surface area contributed by atoms with E-state index in [9.17, 15) is 0 Å². The molecule has 0 fully saturated rings. The van der Waals surface area contributed by atoms with Gasteiger partial charge in [-0.05, 0) is 45.0 Å². The lowest BCUT2D eigenvalue weighted by Crippen LogP contribution is -2.17. The van der Waals surface area contributed by atoms with Crippen LogP contribution in [0.5, 0.6) is 5.75 Å². The lowest BCUT2D eigenvalue weighted by Gasteiger charge is -2.15. The molecule has 0 spiro atoms. The minimum Gasteiger partial charge on any atom is -0.487 e. The number of rotatable bonds is 6. The first-order chi connectivity index (χ1) is 10.0. The van der Waals surface area contributed by atoms with Gasteiger partial charge in [-0.2, -0.15) is 0 Å². The molecule has 1 aromatic carbocycles. The fraction of sp³-hybridized carbons (Fsp3) is 0.438. The van der Waals surface area contributed by atoms with Gasteiger partial charge in [0, 0.05) is 6.04 Å². The summed E-state index contributed by atoms with van der Waals surface area (Å²) in [6.45, 7) is 9.30. The van der Waals surface area contributed by atoms with Gasteiger partial charge in [-0.15, -0.1) is 0 Å². The normalized spacial score (nSPS) is 12.4. The van der Waals surface area contributed by atoms with E-state index in [4.69, 9.17) is 20.9 Å². The van der Waals surface area contributed by atoms with Crippen molar-refractivity contribution in [3.8, 4) is 5.75 Å². The van der Waals surface area contributed by atoms with Crippen molar-refractivity contribution in [1.82, 2.24) is 10.5 Å². The van der Waals surface area contributed by atoms with Gasteiger partial charge in [-0.25, -0.2) is 0 Å². The highest BCUT2D eigenvalue weighted by Crippen LogP contribution is 2.29. The number of nitrogens with one attached hydrogen (secondary N) is 1. The van der Waals surface area contributed by atoms with Crippen LogP contribution >= 0.6 is 11.6 Å². The number of ether oxygens (including phenoxy) is 1. The summed E-state index contributed by atoms with van der Waals surface area (Å²) in [5.41, 5.74) is 2.96. The summed E-state index contributed by atoms with van der Waals surface area (Å²) >= 11 is 6.30. The van der Waals surface area contributed by atoms with Crippen molar-refractivity contribution in [1.29, 1.82) is 0 Å². The molecule has 1 atom stereocenters. The molecule has 0 amide bonds. The van der Waals surface area contributed by atoms with Gasteiger partial charge in [0.05, 0.1) is 16.3 Å². The topological polar surface area (TPSA) is 47.3 Å². The monoisotopic (exact) mass is 308 g/mol. The predicted molar refractivity (Wildman–Crippen MR) is 83.9 cm³/mol. The van der Waals surface area contributed by atoms with Crippen LogP contribution in [0.3, 0.4) is 0 Å². The van der Waals surface area contributed by atoms with Gasteiger partial charge >= 0.3 is 0 Å². The minimum atomic E-state index is 0.268. The third-order valence-electron chi connectivity index (χ3n) is 3.52. The Morgan fingerprint density at radius 3 is 2.71 bits per heavy atom. The zero-order chi connectivity index (χ0) is 15.4. The van der Waals surface area contributed by atoms with E-state index in [1.54, 1.807) is 0 Å². The Balaban J connectivity index is 2.08. The molecule has 0 radical (unpaired) electrons. The van der Waals surface area contributed by atoms with Crippen LogP contribution in [0, 0.1) is 13.8 Å². The van der Waals surface area contributed by atoms with Crippen LogP contribution in [0.15, 0.2) is 22.7 Å². The number of hydrogen-bond acceptors (Lipinski definition) is 4. The van der Waals surface area contributed by atoms with E-state index in [0.29, 0.717) is 17.4 Å². The molecular weight excluding hydrogens is 288 g/mol. The van der Waals surface area contributed by atoms with Crippen molar-refractivity contribution in [3.63, 3.8) is 0 Å². The highest BCUT2D eigenvalue weighted by molar-refractivity contribution is 6.32. The number of aryl methyl sites for hydroxylation is 2. The maximum absolute atomic E-state index is 6.30. The molecule has 1 unspecified atom stereocenters. The van der Waals surface area contributed by atoms with Crippen molar-refractivity contribution in [2.24, 2.45) is 0 Å². The standard InChI is InChI=1S/C16H21ClN2O2/c1-5-18-10(2)13-6-7-16(15(17)8-13)20-9-14-11(3)19-21-12(14)4/h6-8,10,18H,5,9H2,1-4H3. The molecule has 4 nitrogen and oxygen atoms in total. The summed E-state index contributed by atoms with van der Waals surface area (Å²) < 4.78 is 10.9. The quantitative estimate of drug-likeness (QED) is 0.869. The molecule has 0 saturated carbocycles. The zero-order valence-corrected chi connectivity index (χ0v) is 13.6. The average Bonchev–Trinajstić information content (AvgIpc) is 2.77. The van der Waals surface area contributed by atoms with Gasteiger partial charge in [0.25, 0.3) is 0 Å². The SMILES string of the molecule is CCNC(C)c1ccc(OCc2c(C)noc2C)c(Cl)c1. The van der Waals surface area contributed by atoms with Gasteiger partial charge in [-0.1, -0.05) is 29.7 Å². The van der Waals surface area contributed by atoms with Crippen LogP contribution in [0.2, 0.25) is 5.02 Å². The van der Waals surface area contributed by atoms with Gasteiger partial charge in [0.2, 0.25) is 0 Å². The van der Waals surface area contributed by atoms with E-state index in [1.807, 2.05) is 32.0 Å². The zero-order valence-electron chi connectivity index (χ0n) is 12.9. The summed E-state index contributed by atoms with van der Waals surface area (Å²) in [6.07, 6.45) is 0. The van der Waals surface area contributed by atoms with E-state index in [-0.39, 0.29) is 6.04 Å². The Kier molecular flexibility index (Phi) is 5.26. The molecule has 5 heteroatoms. The minimum absolute atomic E-state index is 0.268. The Hall–Kier alpha value is -1.52. The number of aromatic nitrogens is 1. The fourth-order valence-electron chi connectivity index (χ4n) is 2.19. The highest BCUT2D eigenvalue weighted by atomic mass is 35.5. The van der Waals surface area contributed by atoms with Crippen LogP contribution in [-0.4, -0.2) is 11.7 Å². The summed E-state index contributed by atoms with van der Waals surface area (Å²) in [5, 5.41) is 7.88. The van der Waals surface area contributed by atoms with Crippen LogP contribution in [0.25, 0.3) is 0 Å². The van der Waals surface area contributed by atoms with Crippen LogP contribution in [0.1, 0.15) is 42.5 Å². The maximum atomic E-state index is 6.30. The van der Waals surface area contributed by atoms with Crippen molar-refractivity contribution in [2.75, 3.05) is 6.54 Å². The van der Waals surface area contributed by atoms with E-state index in [2.05, 4.69) is 24.3 Å². The summed E-state index contributed by atoms with van der Waals surface area (Å²) in [4.78, 5) is 0. The molecule has 0 aliphatic rings. The summed E-state index contributed by atoms with van der Waals surface area (Å²) in [7, 11) is 0. The molecule has 1 heterocycles. The largest absolute Gasteiger partial charge is 0.487 e. The van der Waals surface area contributed by atoms with Crippen molar-refractivity contribution >= 4 is 11.6 Å². The Morgan fingerprint density at radius 1 is 1.38 bits per heavy atom. The lowest BCUT2D eigenvalue weighted by molar-refractivity contribution is 0.302. The Labute approximate surface area is 130 Å². The fourth-order valence-corrected chi connectivity index (χ4v) is 2.43. The molecule has 0 saturated heterocycles. The second-order valence-corrected chi connectivity index (χ2v) is 5.47. The van der Waals surface area contributed by atoms with E-state index < -0.39 is 0 Å². The first-order valence-corrected chi connectivity index (χ1v) is 7.48. The van der Waals surface area contributed by atoms with Crippen molar-refractivity contribution < 1.29 is 9.26 Å². The molecule has 1 aromatic heterocycles. The van der Waals surface area contributed by atoms with Crippen LogP contribution in [0.4, 0.5) is 0 Å². The Morgan fingerprint density at radius 2 is 2.14 bits per heavy atom. The van der Waals surface area contributed by atoms with Gasteiger partial charge < -0.3 is 14.6 Å². The number of hydrogen-bond donors (Lipinski definition) is 1. The van der Waals surface area contributed by atoms with Gasteiger partial charge in [-0.3, -0.25) is 0 Å². The van der Waals surface area contributed by atoms with Crippen LogP contribution < -0.4 is 10.1 Å². The third kappa shape index (κ3) is 3.77. The molecule has 0 aliphatic carbocycles. The average molecular weight is 309 g/mol. The molecular formula is C16H21ClN2O2. The molecule has 2 rings (SSSR count). The van der Waals surface area contributed by atoms with E-state index in [1.165, 1.54) is 0 Å². The van der Waals surface area contributed by atoms with Gasteiger partial charge in [0.15, 0.2) is 0 Å². The number of benzene rings is 1. The molecule has 2 aromatic rings. The number of halogens is 1. The predicted octanol–water partition coefficient (Wildman–Crippen LogP) is 4.19. The highest BCUT2D eigenvalue weighted by Gasteiger charge is 2.12. The Bertz CT molecular complexity index is 591. The second-order valence-electron chi connectivity index (χ2n) is 5.06. The van der Waals surface area contributed by atoms with E-state index >= 15 is 0 Å². The van der Waals surface area contributed by atoms with Crippen molar-refractivity contribution in [3.05, 3.63) is 45.8 Å². The third-order valence-corrected chi connectivity index (χ3v) is 3.81. The smallest absolute Gasteiger partial charge is 0.140 e. The first-order valence-electron chi connectivity index (χ1n) is 7.10. The molecule has 0 aliphatic heterocycles. The van der Waals surface area contributed by atoms with Crippen molar-refractivity contribution in [2.45, 2.75) is 40.3 Å². The summed E-state index contributed by atoms with van der Waals surface area (Å²) in [5.74, 6) is 1.45. The molecule has 114 valence electrons. The lowest BCUT2D eigenvalue weighted by atomic mass is 10.1. The second kappa shape index (κ2) is 6.96. The molecule has 0 bridgehead atoms. The molecule has 21 heavy (non-hydrogen) atoms. The maximum Gasteiger partial charge on any atom is 0.140 e. The molecule has 1 N–H and O–H groups in total. The summed E-state index contributed by atoms with van der Waals surface area (Å²) in [6, 6.07) is 6.15. The number of nitrogens with zero attached hydrogens (tertiary/aromatic N) is 1.